The topological polar surface area (TPSA) is 91.5 Å². The highest BCUT2D eigenvalue weighted by Crippen LogP contribution is 1.72. The summed E-state index contributed by atoms with van der Waals surface area (Å²) in [6.07, 6.45) is 1.96. The molecule has 0 amide bonds. The third-order valence-electron chi connectivity index (χ3n) is 0.457. The standard InChI is InChI=1S/C4H6N2O4/c7-4(8)3-10-6-2-1-5-9/h1-2,9H,3H2,(H,7,8)/b5-1+,6-2+. The Labute approximate surface area is 56.4 Å². The lowest BCUT2D eigenvalue weighted by molar-refractivity contribution is -0.142. The van der Waals surface area contributed by atoms with Crippen LogP contribution in [0.5, 0.6) is 0 Å². The number of rotatable bonds is 4. The molecule has 0 aromatic heterocycles. The summed E-state index contributed by atoms with van der Waals surface area (Å²) in [7, 11) is 0. The van der Waals surface area contributed by atoms with Crippen molar-refractivity contribution in [3.63, 3.8) is 0 Å². The molecule has 0 rings (SSSR count). The van der Waals surface area contributed by atoms with Crippen molar-refractivity contribution in [1.82, 2.24) is 0 Å². The van der Waals surface area contributed by atoms with E-state index in [1.807, 2.05) is 0 Å². The van der Waals surface area contributed by atoms with Gasteiger partial charge in [0, 0.05) is 0 Å². The third-order valence-corrected chi connectivity index (χ3v) is 0.457. The smallest absolute Gasteiger partial charge is 0.344 e. The molecule has 0 saturated heterocycles. The van der Waals surface area contributed by atoms with Crippen molar-refractivity contribution in [2.24, 2.45) is 10.3 Å². The first kappa shape index (κ1) is 8.41. The van der Waals surface area contributed by atoms with Crippen LogP contribution in [0.4, 0.5) is 0 Å². The van der Waals surface area contributed by atoms with Gasteiger partial charge in [-0.1, -0.05) is 10.3 Å². The highest BCUT2D eigenvalue weighted by atomic mass is 16.6. The van der Waals surface area contributed by atoms with Gasteiger partial charge in [-0.05, 0) is 0 Å². The van der Waals surface area contributed by atoms with Gasteiger partial charge < -0.3 is 15.2 Å². The fourth-order valence-electron chi connectivity index (χ4n) is 0.193. The molecule has 0 aliphatic carbocycles. The first-order valence-electron chi connectivity index (χ1n) is 2.30. The molecule has 10 heavy (non-hydrogen) atoms. The summed E-state index contributed by atoms with van der Waals surface area (Å²) in [4.78, 5) is 13.9. The summed E-state index contributed by atoms with van der Waals surface area (Å²) in [5.74, 6) is -1.11. The van der Waals surface area contributed by atoms with Crippen LogP contribution in [0.15, 0.2) is 10.3 Å². The third kappa shape index (κ3) is 6.41. The Bertz CT molecular complexity index is 153. The van der Waals surface area contributed by atoms with E-state index in [2.05, 4.69) is 15.1 Å². The van der Waals surface area contributed by atoms with Crippen molar-refractivity contribution in [3.8, 4) is 0 Å². The Balaban J connectivity index is 3.27. The maximum absolute atomic E-state index is 9.75. The van der Waals surface area contributed by atoms with Gasteiger partial charge in [0.15, 0.2) is 0 Å². The van der Waals surface area contributed by atoms with E-state index in [1.54, 1.807) is 0 Å². The highest BCUT2D eigenvalue weighted by molar-refractivity contribution is 6.15. The summed E-state index contributed by atoms with van der Waals surface area (Å²) < 4.78 is 0. The van der Waals surface area contributed by atoms with E-state index in [0.29, 0.717) is 0 Å². The summed E-state index contributed by atoms with van der Waals surface area (Å²) in [6, 6.07) is 0. The van der Waals surface area contributed by atoms with Crippen LogP contribution in [0.25, 0.3) is 0 Å². The molecule has 2 N–H and O–H groups in total. The lowest BCUT2D eigenvalue weighted by atomic mass is 10.8. The van der Waals surface area contributed by atoms with Gasteiger partial charge in [0.05, 0.1) is 12.4 Å². The van der Waals surface area contributed by atoms with Crippen LogP contribution < -0.4 is 0 Å². The van der Waals surface area contributed by atoms with Gasteiger partial charge in [-0.25, -0.2) is 4.79 Å². The molecule has 0 aliphatic heterocycles. The van der Waals surface area contributed by atoms with Gasteiger partial charge in [-0.15, -0.1) is 0 Å². The molecule has 0 radical (unpaired) electrons. The molecule has 56 valence electrons. The molecule has 0 fully saturated rings. The molecule has 0 aliphatic rings. The molecule has 0 unspecified atom stereocenters. The normalized spacial score (nSPS) is 10.8. The van der Waals surface area contributed by atoms with E-state index in [-0.39, 0.29) is 0 Å². The number of carboxylic acids is 1. The number of nitrogens with zero attached hydrogens (tertiary/aromatic N) is 2. The van der Waals surface area contributed by atoms with Crippen LogP contribution in [-0.2, 0) is 9.63 Å². The monoisotopic (exact) mass is 146 g/mol. The van der Waals surface area contributed by atoms with E-state index in [9.17, 15) is 4.79 Å². The summed E-state index contributed by atoms with van der Waals surface area (Å²) in [5, 5.41) is 21.4. The summed E-state index contributed by atoms with van der Waals surface area (Å²) in [5.41, 5.74) is 0. The number of oxime groups is 2. The minimum Gasteiger partial charge on any atom is -0.479 e. The van der Waals surface area contributed by atoms with E-state index in [4.69, 9.17) is 10.3 Å². The van der Waals surface area contributed by atoms with Crippen molar-refractivity contribution < 1.29 is 19.9 Å². The lowest BCUT2D eigenvalue weighted by Gasteiger charge is -1.88. The van der Waals surface area contributed by atoms with Gasteiger partial charge in [0.2, 0.25) is 6.61 Å². The molecule has 0 aromatic rings. The van der Waals surface area contributed by atoms with E-state index in [0.717, 1.165) is 12.4 Å². The predicted molar refractivity (Wildman–Crippen MR) is 32.4 cm³/mol. The molecule has 6 nitrogen and oxygen atoms in total. The van der Waals surface area contributed by atoms with E-state index >= 15 is 0 Å². The Kier molecular flexibility index (Phi) is 4.66. The van der Waals surface area contributed by atoms with E-state index in [1.165, 1.54) is 0 Å². The average molecular weight is 146 g/mol. The molecule has 0 atom stereocenters. The van der Waals surface area contributed by atoms with Gasteiger partial charge in [0.25, 0.3) is 0 Å². The van der Waals surface area contributed by atoms with Gasteiger partial charge >= 0.3 is 5.97 Å². The Morgan fingerprint density at radius 3 is 2.80 bits per heavy atom. The molecule has 0 aromatic carbocycles. The molecule has 0 spiro atoms. The average Bonchev–Trinajstić information content (AvgIpc) is 1.87. The van der Waals surface area contributed by atoms with Crippen LogP contribution in [0.3, 0.4) is 0 Å². The number of carboxylic acid groups (broad SMARTS) is 1. The van der Waals surface area contributed by atoms with Crippen LogP contribution >= 0.6 is 0 Å². The quantitative estimate of drug-likeness (QED) is 0.318. The van der Waals surface area contributed by atoms with Crippen LogP contribution in [0.2, 0.25) is 0 Å². The van der Waals surface area contributed by atoms with Gasteiger partial charge in [-0.3, -0.25) is 0 Å². The van der Waals surface area contributed by atoms with Crippen molar-refractivity contribution in [2.45, 2.75) is 0 Å². The number of hydrogen-bond acceptors (Lipinski definition) is 5. The second-order valence-corrected chi connectivity index (χ2v) is 1.19. The SMILES string of the molecule is O=C(O)CO/N=C/C=N/O. The number of hydrogen-bond donors (Lipinski definition) is 2. The zero-order valence-electron chi connectivity index (χ0n) is 4.97. The fraction of sp³-hybridized carbons (Fsp3) is 0.250. The largest absolute Gasteiger partial charge is 0.479 e. The Morgan fingerprint density at radius 1 is 1.60 bits per heavy atom. The zero-order chi connectivity index (χ0) is 7.82. The second-order valence-electron chi connectivity index (χ2n) is 1.19. The maximum atomic E-state index is 9.75. The minimum absolute atomic E-state index is 0.504. The highest BCUT2D eigenvalue weighted by Gasteiger charge is 1.91. The van der Waals surface area contributed by atoms with Crippen LogP contribution in [-0.4, -0.2) is 35.3 Å². The summed E-state index contributed by atoms with van der Waals surface area (Å²) in [6.45, 7) is -0.504. The number of aliphatic carboxylic acids is 1. The van der Waals surface area contributed by atoms with Crippen molar-refractivity contribution in [1.29, 1.82) is 0 Å². The predicted octanol–water partition coefficient (Wildman–Crippen LogP) is -0.467. The fourth-order valence-corrected chi connectivity index (χ4v) is 0.193. The molecular formula is C4H6N2O4. The van der Waals surface area contributed by atoms with Gasteiger partial charge in [-0.2, -0.15) is 0 Å². The molecule has 0 saturated carbocycles. The van der Waals surface area contributed by atoms with Crippen LogP contribution in [0.1, 0.15) is 0 Å². The van der Waals surface area contributed by atoms with Crippen molar-refractivity contribution in [2.75, 3.05) is 6.61 Å². The maximum Gasteiger partial charge on any atom is 0.344 e. The molecule has 0 bridgehead atoms. The first-order chi connectivity index (χ1) is 4.77. The second kappa shape index (κ2) is 5.54. The van der Waals surface area contributed by atoms with Crippen molar-refractivity contribution in [3.05, 3.63) is 0 Å². The molecule has 6 heteroatoms. The lowest BCUT2D eigenvalue weighted by Crippen LogP contribution is -2.03. The number of carbonyl (C=O) groups is 1. The van der Waals surface area contributed by atoms with E-state index < -0.39 is 12.6 Å². The minimum atomic E-state index is -1.11. The van der Waals surface area contributed by atoms with Crippen LogP contribution in [0, 0.1) is 0 Å². The zero-order valence-corrected chi connectivity index (χ0v) is 4.97. The molecule has 0 heterocycles. The van der Waals surface area contributed by atoms with Gasteiger partial charge in [0.1, 0.15) is 0 Å². The Morgan fingerprint density at radius 2 is 2.30 bits per heavy atom. The Hall–Kier alpha value is -1.59. The summed E-state index contributed by atoms with van der Waals surface area (Å²) >= 11 is 0. The van der Waals surface area contributed by atoms with Crippen molar-refractivity contribution >= 4 is 18.4 Å². The first-order valence-corrected chi connectivity index (χ1v) is 2.30. The molecular weight excluding hydrogens is 140 g/mol.